The largest absolute Gasteiger partial charge is 0.490 e. The molecule has 0 saturated heterocycles. The van der Waals surface area contributed by atoms with E-state index in [9.17, 15) is 0 Å². The smallest absolute Gasteiger partial charge is 0.161 e. The average Bonchev–Trinajstić information content (AvgIpc) is 2.40. The third-order valence-electron chi connectivity index (χ3n) is 3.16. The van der Waals surface area contributed by atoms with Gasteiger partial charge in [-0.2, -0.15) is 0 Å². The van der Waals surface area contributed by atoms with Crippen molar-refractivity contribution >= 4 is 0 Å². The summed E-state index contributed by atoms with van der Waals surface area (Å²) in [6.07, 6.45) is 1.15. The van der Waals surface area contributed by atoms with E-state index in [0.29, 0.717) is 25.2 Å². The summed E-state index contributed by atoms with van der Waals surface area (Å²) >= 11 is 0. The van der Waals surface area contributed by atoms with Crippen molar-refractivity contribution in [2.45, 2.75) is 40.2 Å². The third kappa shape index (κ3) is 5.52. The quantitative estimate of drug-likeness (QED) is 0.693. The summed E-state index contributed by atoms with van der Waals surface area (Å²) in [5, 5.41) is 3.52. The summed E-state index contributed by atoms with van der Waals surface area (Å²) in [4.78, 5) is 0. The highest BCUT2D eigenvalue weighted by atomic mass is 16.5. The Bertz CT molecular complexity index is 352. The minimum atomic E-state index is 0.561. The Morgan fingerprint density at radius 1 is 1.05 bits per heavy atom. The molecule has 3 nitrogen and oxygen atoms in total. The van der Waals surface area contributed by atoms with Gasteiger partial charge in [-0.25, -0.2) is 0 Å². The first-order valence-electron chi connectivity index (χ1n) is 7.27. The minimum Gasteiger partial charge on any atom is -0.490 e. The van der Waals surface area contributed by atoms with Crippen molar-refractivity contribution in [2.24, 2.45) is 5.92 Å². The zero-order chi connectivity index (χ0) is 14.1. The Labute approximate surface area is 117 Å². The Morgan fingerprint density at radius 2 is 1.68 bits per heavy atom. The van der Waals surface area contributed by atoms with Gasteiger partial charge in [0.25, 0.3) is 0 Å². The van der Waals surface area contributed by atoms with E-state index >= 15 is 0 Å². The van der Waals surface area contributed by atoms with Crippen LogP contribution < -0.4 is 14.8 Å². The van der Waals surface area contributed by atoms with Crippen LogP contribution in [-0.2, 0) is 0 Å². The molecular weight excluding hydrogens is 238 g/mol. The highest BCUT2D eigenvalue weighted by Gasteiger charge is 2.09. The summed E-state index contributed by atoms with van der Waals surface area (Å²) in [6.45, 7) is 10.9. The molecule has 1 aromatic carbocycles. The van der Waals surface area contributed by atoms with E-state index in [1.54, 1.807) is 0 Å². The average molecular weight is 265 g/mol. The topological polar surface area (TPSA) is 30.5 Å². The maximum atomic E-state index is 5.78. The maximum absolute atomic E-state index is 5.78. The molecule has 19 heavy (non-hydrogen) atoms. The van der Waals surface area contributed by atoms with Crippen LogP contribution in [0.1, 0.15) is 34.1 Å². The first-order chi connectivity index (χ1) is 9.19. The molecule has 0 aliphatic carbocycles. The number of rotatable bonds is 9. The van der Waals surface area contributed by atoms with Crippen LogP contribution in [-0.4, -0.2) is 25.8 Å². The molecule has 1 rings (SSSR count). The Balaban J connectivity index is 2.36. The van der Waals surface area contributed by atoms with Gasteiger partial charge < -0.3 is 14.8 Å². The van der Waals surface area contributed by atoms with Crippen molar-refractivity contribution in [1.82, 2.24) is 5.32 Å². The summed E-state index contributed by atoms with van der Waals surface area (Å²) in [5.74, 6) is 2.30. The lowest BCUT2D eigenvalue weighted by molar-refractivity contribution is 0.264. The first kappa shape index (κ1) is 15.8. The van der Waals surface area contributed by atoms with Crippen LogP contribution >= 0.6 is 0 Å². The zero-order valence-electron chi connectivity index (χ0n) is 12.6. The van der Waals surface area contributed by atoms with Crippen molar-refractivity contribution in [1.29, 1.82) is 0 Å². The molecule has 0 fully saturated rings. The van der Waals surface area contributed by atoms with E-state index in [2.05, 4.69) is 26.1 Å². The van der Waals surface area contributed by atoms with Crippen molar-refractivity contribution in [3.05, 3.63) is 24.3 Å². The molecule has 0 saturated carbocycles. The molecule has 108 valence electrons. The summed E-state index contributed by atoms with van der Waals surface area (Å²) in [7, 11) is 0. The monoisotopic (exact) mass is 265 g/mol. The Hall–Kier alpha value is -1.22. The molecule has 1 aromatic rings. The molecule has 3 heteroatoms. The molecule has 1 atom stereocenters. The van der Waals surface area contributed by atoms with Crippen LogP contribution in [0.4, 0.5) is 0 Å². The molecule has 0 aliphatic heterocycles. The van der Waals surface area contributed by atoms with E-state index in [1.165, 1.54) is 0 Å². The maximum Gasteiger partial charge on any atom is 0.161 e. The normalized spacial score (nSPS) is 12.5. The van der Waals surface area contributed by atoms with E-state index in [1.807, 2.05) is 31.2 Å². The first-order valence-corrected chi connectivity index (χ1v) is 7.27. The number of ether oxygens (including phenoxy) is 2. The molecule has 0 aromatic heterocycles. The number of nitrogens with one attached hydrogen (secondary N) is 1. The third-order valence-corrected chi connectivity index (χ3v) is 3.16. The second-order valence-electron chi connectivity index (χ2n) is 4.94. The van der Waals surface area contributed by atoms with Crippen LogP contribution in [0, 0.1) is 5.92 Å². The van der Waals surface area contributed by atoms with Gasteiger partial charge in [0.15, 0.2) is 11.5 Å². The van der Waals surface area contributed by atoms with E-state index in [4.69, 9.17) is 9.47 Å². The van der Waals surface area contributed by atoms with Gasteiger partial charge in [0, 0.05) is 12.6 Å². The highest BCUT2D eigenvalue weighted by molar-refractivity contribution is 5.39. The van der Waals surface area contributed by atoms with Gasteiger partial charge in [-0.1, -0.05) is 32.9 Å². The fourth-order valence-corrected chi connectivity index (χ4v) is 2.10. The molecule has 0 aliphatic rings. The standard InChI is InChI=1S/C16H27NO2/c1-5-14(13(3)4)17-11-12-19-16-10-8-7-9-15(16)18-6-2/h7-10,13-14,17H,5-6,11-12H2,1-4H3. The number of hydrogen-bond donors (Lipinski definition) is 1. The van der Waals surface area contributed by atoms with Crippen LogP contribution in [0.25, 0.3) is 0 Å². The van der Waals surface area contributed by atoms with Crippen LogP contribution in [0.15, 0.2) is 24.3 Å². The lowest BCUT2D eigenvalue weighted by Crippen LogP contribution is -2.35. The molecule has 0 amide bonds. The van der Waals surface area contributed by atoms with Gasteiger partial charge in [-0.15, -0.1) is 0 Å². The molecule has 1 unspecified atom stereocenters. The second kappa shape index (κ2) is 8.81. The van der Waals surface area contributed by atoms with Crippen LogP contribution in [0.5, 0.6) is 11.5 Å². The number of benzene rings is 1. The summed E-state index contributed by atoms with van der Waals surface area (Å²) in [6, 6.07) is 8.38. The fraction of sp³-hybridized carbons (Fsp3) is 0.625. The minimum absolute atomic E-state index is 0.561. The van der Waals surface area contributed by atoms with Gasteiger partial charge in [-0.3, -0.25) is 0 Å². The van der Waals surface area contributed by atoms with Gasteiger partial charge >= 0.3 is 0 Å². The Kier molecular flexibility index (Phi) is 7.34. The molecule has 0 radical (unpaired) electrons. The van der Waals surface area contributed by atoms with Crippen molar-refractivity contribution < 1.29 is 9.47 Å². The number of para-hydroxylation sites is 2. The summed E-state index contributed by atoms with van der Waals surface area (Å²) < 4.78 is 11.3. The zero-order valence-corrected chi connectivity index (χ0v) is 12.6. The predicted octanol–water partition coefficient (Wildman–Crippen LogP) is 3.49. The second-order valence-corrected chi connectivity index (χ2v) is 4.94. The Morgan fingerprint density at radius 3 is 2.21 bits per heavy atom. The van der Waals surface area contributed by atoms with Crippen molar-refractivity contribution in [2.75, 3.05) is 19.8 Å². The highest BCUT2D eigenvalue weighted by Crippen LogP contribution is 2.26. The van der Waals surface area contributed by atoms with E-state index in [0.717, 1.165) is 24.5 Å². The molecular formula is C16H27NO2. The molecule has 0 heterocycles. The van der Waals surface area contributed by atoms with Crippen molar-refractivity contribution in [3.63, 3.8) is 0 Å². The van der Waals surface area contributed by atoms with Crippen molar-refractivity contribution in [3.8, 4) is 11.5 Å². The van der Waals surface area contributed by atoms with E-state index in [-0.39, 0.29) is 0 Å². The van der Waals surface area contributed by atoms with Crippen LogP contribution in [0.3, 0.4) is 0 Å². The SMILES string of the molecule is CCOc1ccccc1OCCNC(CC)C(C)C. The van der Waals surface area contributed by atoms with Gasteiger partial charge in [0.2, 0.25) is 0 Å². The molecule has 0 spiro atoms. The number of hydrogen-bond acceptors (Lipinski definition) is 3. The molecule has 0 bridgehead atoms. The fourth-order valence-electron chi connectivity index (χ4n) is 2.10. The van der Waals surface area contributed by atoms with Crippen LogP contribution in [0.2, 0.25) is 0 Å². The predicted molar refractivity (Wildman–Crippen MR) is 80.0 cm³/mol. The summed E-state index contributed by atoms with van der Waals surface area (Å²) in [5.41, 5.74) is 0. The molecule has 1 N–H and O–H groups in total. The van der Waals surface area contributed by atoms with Gasteiger partial charge in [-0.05, 0) is 31.4 Å². The lowest BCUT2D eigenvalue weighted by atomic mass is 10.0. The van der Waals surface area contributed by atoms with Gasteiger partial charge in [0.05, 0.1) is 6.61 Å². The van der Waals surface area contributed by atoms with E-state index < -0.39 is 0 Å². The van der Waals surface area contributed by atoms with Gasteiger partial charge in [0.1, 0.15) is 6.61 Å². The lowest BCUT2D eigenvalue weighted by Gasteiger charge is -2.21.